The molecule has 0 fully saturated rings. The number of carbonyl (C=O) groups is 1. The number of rotatable bonds is 11. The van der Waals surface area contributed by atoms with Crippen molar-refractivity contribution in [1.82, 2.24) is 19.9 Å². The van der Waals surface area contributed by atoms with Crippen LogP contribution in [0.2, 0.25) is 0 Å². The number of nitrogens with one attached hydrogen (secondary N) is 1. The van der Waals surface area contributed by atoms with E-state index in [2.05, 4.69) is 15.3 Å². The molecule has 5 rings (SSSR count). The number of nitrogens with zero attached hydrogens (tertiary/aromatic N) is 4. The predicted octanol–water partition coefficient (Wildman–Crippen LogP) is 7.19. The molecule has 0 amide bonds. The first kappa shape index (κ1) is 28.2. The lowest BCUT2D eigenvalue weighted by molar-refractivity contribution is -0.146. The van der Waals surface area contributed by atoms with Gasteiger partial charge in [-0.05, 0) is 75.2 Å². The molecule has 2 aromatic carbocycles. The van der Waals surface area contributed by atoms with E-state index in [0.717, 1.165) is 22.4 Å². The Bertz CT molecular complexity index is 1710. The molecule has 3 heterocycles. The molecule has 3 aromatic heterocycles. The van der Waals surface area contributed by atoms with Gasteiger partial charge in [-0.1, -0.05) is 36.4 Å². The van der Waals surface area contributed by atoms with Gasteiger partial charge in [0.2, 0.25) is 0 Å². The van der Waals surface area contributed by atoms with Crippen molar-refractivity contribution in [3.05, 3.63) is 103 Å². The van der Waals surface area contributed by atoms with Crippen LogP contribution < -0.4 is 14.8 Å². The Kier molecular flexibility index (Phi) is 8.38. The number of hydrogen-bond acceptors (Lipinski definition) is 8. The molecule has 0 bridgehead atoms. The van der Waals surface area contributed by atoms with E-state index in [9.17, 15) is 9.90 Å². The van der Waals surface area contributed by atoms with E-state index in [1.165, 1.54) is 0 Å². The summed E-state index contributed by atoms with van der Waals surface area (Å²) in [6, 6.07) is 24.6. The van der Waals surface area contributed by atoms with Gasteiger partial charge in [-0.2, -0.15) is 0 Å². The number of carboxylic acids is 1. The van der Waals surface area contributed by atoms with Gasteiger partial charge in [0.05, 0.1) is 35.8 Å². The second-order valence-electron chi connectivity index (χ2n) is 10.3. The molecule has 0 radical (unpaired) electrons. The number of pyridine rings is 2. The van der Waals surface area contributed by atoms with Crippen molar-refractivity contribution in [2.75, 3.05) is 11.9 Å². The quantitative estimate of drug-likeness (QED) is 0.173. The van der Waals surface area contributed by atoms with Gasteiger partial charge in [0.15, 0.2) is 11.6 Å². The largest absolute Gasteiger partial charge is 0.488 e. The Morgan fingerprint density at radius 2 is 1.64 bits per heavy atom. The van der Waals surface area contributed by atoms with Crippen LogP contribution in [0.1, 0.15) is 26.3 Å². The predicted molar refractivity (Wildman–Crippen MR) is 161 cm³/mol. The normalized spacial score (nSPS) is 11.1. The molecule has 0 saturated heterocycles. The van der Waals surface area contributed by atoms with E-state index in [1.807, 2.05) is 79.7 Å². The number of carboxylic acid groups (broad SMARTS) is 1. The molecule has 5 aromatic rings. The molecular formula is C33H31N5O4. The highest BCUT2D eigenvalue weighted by Gasteiger charge is 2.27. The Morgan fingerprint density at radius 3 is 2.45 bits per heavy atom. The maximum absolute atomic E-state index is 11.6. The zero-order valence-electron chi connectivity index (χ0n) is 23.6. The molecule has 0 unspecified atom stereocenters. The smallest absolute Gasteiger partial charge is 0.309 e. The summed E-state index contributed by atoms with van der Waals surface area (Å²) >= 11 is 0. The van der Waals surface area contributed by atoms with Crippen molar-refractivity contribution in [2.45, 2.75) is 27.2 Å². The van der Waals surface area contributed by atoms with Crippen LogP contribution in [0.3, 0.4) is 0 Å². The first-order valence-electron chi connectivity index (χ1n) is 13.6. The van der Waals surface area contributed by atoms with E-state index in [1.54, 1.807) is 38.5 Å². The van der Waals surface area contributed by atoms with E-state index in [4.69, 9.17) is 19.4 Å². The van der Waals surface area contributed by atoms with Crippen molar-refractivity contribution in [3.63, 3.8) is 0 Å². The van der Waals surface area contributed by atoms with Gasteiger partial charge in [-0.3, -0.25) is 9.78 Å². The molecule has 9 nitrogen and oxygen atoms in total. The standard InChI is InChI=1S/C33H31N5O4/c1-4-41-28-14-8-16-35-31(28)42-25-12-6-11-24(18-25)27-20-34-21-30(37-27)38-29-15-7-13-26(36-29)23-10-5-9-22(17-23)19-33(2,3)32(39)40/h5-18,20-21H,4,19H2,1-3H3,(H,39,40)(H,36,37,38). The number of aliphatic carboxylic acids is 1. The minimum Gasteiger partial charge on any atom is -0.488 e. The Labute approximate surface area is 244 Å². The van der Waals surface area contributed by atoms with Gasteiger partial charge >= 0.3 is 5.97 Å². The summed E-state index contributed by atoms with van der Waals surface area (Å²) in [6.45, 7) is 5.86. The number of aromatic nitrogens is 4. The molecule has 0 aliphatic heterocycles. The monoisotopic (exact) mass is 561 g/mol. The van der Waals surface area contributed by atoms with Crippen LogP contribution >= 0.6 is 0 Å². The molecule has 0 aliphatic rings. The Morgan fingerprint density at radius 1 is 0.881 bits per heavy atom. The highest BCUT2D eigenvalue weighted by atomic mass is 16.5. The second kappa shape index (κ2) is 12.5. The third kappa shape index (κ3) is 6.87. The average molecular weight is 562 g/mol. The topological polar surface area (TPSA) is 119 Å². The first-order valence-corrected chi connectivity index (χ1v) is 13.6. The Balaban J connectivity index is 1.34. The zero-order chi connectivity index (χ0) is 29.5. The summed E-state index contributed by atoms with van der Waals surface area (Å²) < 4.78 is 11.6. The molecule has 2 N–H and O–H groups in total. The second-order valence-corrected chi connectivity index (χ2v) is 10.3. The molecule has 42 heavy (non-hydrogen) atoms. The van der Waals surface area contributed by atoms with Crippen molar-refractivity contribution >= 4 is 17.6 Å². The molecule has 9 heteroatoms. The zero-order valence-corrected chi connectivity index (χ0v) is 23.6. The summed E-state index contributed by atoms with van der Waals surface area (Å²) in [7, 11) is 0. The summed E-state index contributed by atoms with van der Waals surface area (Å²) in [5.41, 5.74) is 3.19. The van der Waals surface area contributed by atoms with Crippen LogP contribution in [0.25, 0.3) is 22.5 Å². The summed E-state index contributed by atoms with van der Waals surface area (Å²) in [6.07, 6.45) is 5.39. The third-order valence-corrected chi connectivity index (χ3v) is 6.47. The maximum Gasteiger partial charge on any atom is 0.309 e. The highest BCUT2D eigenvalue weighted by molar-refractivity contribution is 5.74. The molecule has 0 atom stereocenters. The maximum atomic E-state index is 11.6. The van der Waals surface area contributed by atoms with Crippen LogP contribution in [-0.4, -0.2) is 37.6 Å². The van der Waals surface area contributed by atoms with Crippen LogP contribution in [0.15, 0.2) is 97.5 Å². The lowest BCUT2D eigenvalue weighted by Gasteiger charge is -2.19. The van der Waals surface area contributed by atoms with Gasteiger partial charge in [0, 0.05) is 17.3 Å². The fraction of sp³-hybridized carbons (Fsp3) is 0.182. The molecule has 0 aliphatic carbocycles. The number of hydrogen-bond donors (Lipinski definition) is 2. The summed E-state index contributed by atoms with van der Waals surface area (Å²) in [4.78, 5) is 29.8. The summed E-state index contributed by atoms with van der Waals surface area (Å²) in [5.74, 6) is 1.86. The average Bonchev–Trinajstić information content (AvgIpc) is 2.99. The molecule has 0 saturated carbocycles. The lowest BCUT2D eigenvalue weighted by Crippen LogP contribution is -2.26. The van der Waals surface area contributed by atoms with E-state index in [0.29, 0.717) is 47.7 Å². The lowest BCUT2D eigenvalue weighted by atomic mass is 9.85. The van der Waals surface area contributed by atoms with Crippen LogP contribution in [0, 0.1) is 5.41 Å². The van der Waals surface area contributed by atoms with Crippen molar-refractivity contribution in [1.29, 1.82) is 0 Å². The number of anilines is 2. The van der Waals surface area contributed by atoms with Gasteiger partial charge in [0.25, 0.3) is 5.88 Å². The van der Waals surface area contributed by atoms with E-state index >= 15 is 0 Å². The third-order valence-electron chi connectivity index (χ3n) is 6.47. The fourth-order valence-corrected chi connectivity index (χ4v) is 4.34. The number of benzene rings is 2. The van der Waals surface area contributed by atoms with Crippen molar-refractivity contribution in [2.24, 2.45) is 5.41 Å². The Hall–Kier alpha value is -5.31. The first-order chi connectivity index (χ1) is 20.3. The van der Waals surface area contributed by atoms with Crippen LogP contribution in [0.5, 0.6) is 17.4 Å². The van der Waals surface area contributed by atoms with E-state index < -0.39 is 11.4 Å². The number of ether oxygens (including phenoxy) is 2. The van der Waals surface area contributed by atoms with Crippen molar-refractivity contribution < 1.29 is 19.4 Å². The van der Waals surface area contributed by atoms with Gasteiger partial charge < -0.3 is 19.9 Å². The highest BCUT2D eigenvalue weighted by Crippen LogP contribution is 2.31. The van der Waals surface area contributed by atoms with Crippen LogP contribution in [-0.2, 0) is 11.2 Å². The van der Waals surface area contributed by atoms with E-state index in [-0.39, 0.29) is 0 Å². The summed E-state index contributed by atoms with van der Waals surface area (Å²) in [5, 5.41) is 12.8. The molecular weight excluding hydrogens is 530 g/mol. The van der Waals surface area contributed by atoms with Gasteiger partial charge in [-0.15, -0.1) is 0 Å². The molecule has 0 spiro atoms. The molecule has 212 valence electrons. The minimum atomic E-state index is -0.865. The minimum absolute atomic E-state index is 0.389. The fourth-order valence-electron chi connectivity index (χ4n) is 4.34. The van der Waals surface area contributed by atoms with Gasteiger partial charge in [0.1, 0.15) is 11.6 Å². The van der Waals surface area contributed by atoms with Crippen molar-refractivity contribution in [3.8, 4) is 39.9 Å². The van der Waals surface area contributed by atoms with Gasteiger partial charge in [-0.25, -0.2) is 15.0 Å². The van der Waals surface area contributed by atoms with Crippen LogP contribution in [0.4, 0.5) is 11.6 Å². The SMILES string of the molecule is CCOc1cccnc1Oc1cccc(-c2cncc(Nc3cccc(-c4cccc(CC(C)(C)C(=O)O)c4)n3)n2)c1.